The third-order valence-corrected chi connectivity index (χ3v) is 4.62. The summed E-state index contributed by atoms with van der Waals surface area (Å²) in [5.74, 6) is 0.551. The van der Waals surface area contributed by atoms with Crippen LogP contribution in [0.15, 0.2) is 65.7 Å². The highest BCUT2D eigenvalue weighted by Gasteiger charge is 2.43. The molecule has 3 rings (SSSR count). The fourth-order valence-electron chi connectivity index (χ4n) is 2.98. The van der Waals surface area contributed by atoms with E-state index in [1.54, 1.807) is 0 Å². The number of nitrogens with one attached hydrogen (secondary N) is 3. The predicted octanol–water partition coefficient (Wildman–Crippen LogP) is 2.91. The lowest BCUT2D eigenvalue weighted by atomic mass is 9.96. The Kier molecular flexibility index (Phi) is 5.89. The number of hydrogen-bond donors (Lipinski definition) is 3. The van der Waals surface area contributed by atoms with Crippen LogP contribution in [-0.2, 0) is 10.2 Å². The molecule has 0 saturated heterocycles. The smallest absolute Gasteiger partial charge is 0.246 e. The normalized spacial score (nSPS) is 15.2. The van der Waals surface area contributed by atoms with Crippen LogP contribution in [0.3, 0.4) is 0 Å². The van der Waals surface area contributed by atoms with E-state index in [-0.39, 0.29) is 17.9 Å². The zero-order chi connectivity index (χ0) is 18.2. The molecule has 0 heterocycles. The van der Waals surface area contributed by atoms with Crippen molar-refractivity contribution in [1.82, 2.24) is 10.6 Å². The van der Waals surface area contributed by atoms with Crippen molar-refractivity contribution in [3.05, 3.63) is 66.2 Å². The summed E-state index contributed by atoms with van der Waals surface area (Å²) < 4.78 is 0. The first-order valence-electron chi connectivity index (χ1n) is 9.14. The monoisotopic (exact) mass is 350 g/mol. The van der Waals surface area contributed by atoms with Crippen LogP contribution in [0.4, 0.5) is 5.69 Å². The molecule has 0 radical (unpaired) electrons. The molecule has 0 aliphatic heterocycles. The second-order valence-electron chi connectivity index (χ2n) is 6.61. The summed E-state index contributed by atoms with van der Waals surface area (Å²) in [6.45, 7) is 3.68. The van der Waals surface area contributed by atoms with Gasteiger partial charge in [0.05, 0.1) is 0 Å². The van der Waals surface area contributed by atoms with Gasteiger partial charge in [-0.15, -0.1) is 0 Å². The van der Waals surface area contributed by atoms with E-state index in [2.05, 4.69) is 45.2 Å². The number of anilines is 1. The first-order valence-corrected chi connectivity index (χ1v) is 9.14. The fraction of sp³-hybridized carbons (Fsp3) is 0.333. The molecule has 2 aromatic carbocycles. The third kappa shape index (κ3) is 4.85. The van der Waals surface area contributed by atoms with E-state index in [4.69, 9.17) is 0 Å². The van der Waals surface area contributed by atoms with Crippen LogP contribution in [-0.4, -0.2) is 31.5 Å². The summed E-state index contributed by atoms with van der Waals surface area (Å²) in [5, 5.41) is 9.46. The average Bonchev–Trinajstić information content (AvgIpc) is 3.47. The number of guanidine groups is 1. The number of nitrogens with zero attached hydrogens (tertiary/aromatic N) is 1. The average molecular weight is 350 g/mol. The predicted molar refractivity (Wildman–Crippen MR) is 106 cm³/mol. The molecule has 2 aromatic rings. The molecule has 136 valence electrons. The Hall–Kier alpha value is -2.82. The van der Waals surface area contributed by atoms with Gasteiger partial charge in [0.2, 0.25) is 5.91 Å². The van der Waals surface area contributed by atoms with Gasteiger partial charge in [-0.05, 0) is 37.5 Å². The van der Waals surface area contributed by atoms with E-state index < -0.39 is 0 Å². The minimum atomic E-state index is -0.127. The Balaban J connectivity index is 1.55. The van der Waals surface area contributed by atoms with Crippen LogP contribution in [0.5, 0.6) is 0 Å². The highest BCUT2D eigenvalue weighted by Crippen LogP contribution is 2.47. The minimum absolute atomic E-state index is 0.0859. The van der Waals surface area contributed by atoms with E-state index in [9.17, 15) is 4.79 Å². The molecule has 5 heteroatoms. The number of benzene rings is 2. The molecule has 1 saturated carbocycles. The second-order valence-corrected chi connectivity index (χ2v) is 6.61. The van der Waals surface area contributed by atoms with Gasteiger partial charge in [-0.2, -0.15) is 0 Å². The second kappa shape index (κ2) is 8.52. The molecule has 0 spiro atoms. The summed E-state index contributed by atoms with van der Waals surface area (Å²) in [4.78, 5) is 16.5. The largest absolute Gasteiger partial charge is 0.357 e. The van der Waals surface area contributed by atoms with Crippen LogP contribution in [0.2, 0.25) is 0 Å². The van der Waals surface area contributed by atoms with E-state index in [0.29, 0.717) is 5.96 Å². The lowest BCUT2D eigenvalue weighted by Crippen LogP contribution is -2.41. The van der Waals surface area contributed by atoms with Gasteiger partial charge in [0.15, 0.2) is 5.96 Å². The van der Waals surface area contributed by atoms with Gasteiger partial charge in [-0.1, -0.05) is 48.5 Å². The third-order valence-electron chi connectivity index (χ3n) is 4.62. The molecule has 0 bridgehead atoms. The number of carbonyl (C=O) groups excluding carboxylic acids is 1. The first kappa shape index (κ1) is 18.0. The van der Waals surface area contributed by atoms with Crippen molar-refractivity contribution in [2.75, 3.05) is 25.0 Å². The van der Waals surface area contributed by atoms with Gasteiger partial charge in [0.1, 0.15) is 6.54 Å². The number of para-hydroxylation sites is 1. The molecule has 1 aliphatic rings. The number of rotatable bonds is 7. The Labute approximate surface area is 154 Å². The fourth-order valence-corrected chi connectivity index (χ4v) is 2.98. The van der Waals surface area contributed by atoms with Gasteiger partial charge in [0, 0.05) is 24.2 Å². The SMILES string of the molecule is CCNC(=NCC(=O)Nc1ccccc1)NCC1(c2ccccc2)CC1. The van der Waals surface area contributed by atoms with Crippen molar-refractivity contribution in [2.45, 2.75) is 25.2 Å². The van der Waals surface area contributed by atoms with Gasteiger partial charge < -0.3 is 16.0 Å². The topological polar surface area (TPSA) is 65.5 Å². The van der Waals surface area contributed by atoms with Gasteiger partial charge in [-0.3, -0.25) is 4.79 Å². The van der Waals surface area contributed by atoms with Crippen molar-refractivity contribution in [3.8, 4) is 0 Å². The molecular formula is C21H26N4O. The van der Waals surface area contributed by atoms with E-state index in [1.165, 1.54) is 18.4 Å². The maximum Gasteiger partial charge on any atom is 0.246 e. The highest BCUT2D eigenvalue weighted by molar-refractivity contribution is 5.94. The summed E-state index contributed by atoms with van der Waals surface area (Å²) in [7, 11) is 0. The van der Waals surface area contributed by atoms with Crippen LogP contribution >= 0.6 is 0 Å². The van der Waals surface area contributed by atoms with Crippen molar-refractivity contribution < 1.29 is 4.79 Å². The lowest BCUT2D eigenvalue weighted by molar-refractivity contribution is -0.114. The highest BCUT2D eigenvalue weighted by atomic mass is 16.1. The molecule has 5 nitrogen and oxygen atoms in total. The summed E-state index contributed by atoms with van der Waals surface area (Å²) in [5.41, 5.74) is 2.35. The van der Waals surface area contributed by atoms with Gasteiger partial charge in [0.25, 0.3) is 0 Å². The Bertz CT molecular complexity index is 739. The maximum absolute atomic E-state index is 12.1. The first-order chi connectivity index (χ1) is 12.7. The number of amides is 1. The summed E-state index contributed by atoms with van der Waals surface area (Å²) in [6, 6.07) is 20.0. The van der Waals surface area contributed by atoms with Crippen molar-refractivity contribution >= 4 is 17.6 Å². The van der Waals surface area contributed by atoms with Crippen LogP contribution in [0.25, 0.3) is 0 Å². The van der Waals surface area contributed by atoms with Crippen molar-refractivity contribution in [3.63, 3.8) is 0 Å². The van der Waals surface area contributed by atoms with E-state index >= 15 is 0 Å². The van der Waals surface area contributed by atoms with Crippen molar-refractivity contribution in [2.24, 2.45) is 4.99 Å². The number of carbonyl (C=O) groups is 1. The van der Waals surface area contributed by atoms with Gasteiger partial charge >= 0.3 is 0 Å². The Morgan fingerprint density at radius 3 is 2.27 bits per heavy atom. The van der Waals surface area contributed by atoms with Gasteiger partial charge in [-0.25, -0.2) is 4.99 Å². The standard InChI is InChI=1S/C21H26N4O/c1-2-22-20(23-15-19(26)25-18-11-7-4-8-12-18)24-16-21(13-14-21)17-9-5-3-6-10-17/h3-12H,2,13-16H2,1H3,(H,25,26)(H2,22,23,24). The molecule has 26 heavy (non-hydrogen) atoms. The molecular weight excluding hydrogens is 324 g/mol. The molecule has 0 atom stereocenters. The molecule has 1 amide bonds. The summed E-state index contributed by atoms with van der Waals surface area (Å²) >= 11 is 0. The van der Waals surface area contributed by atoms with E-state index in [1.807, 2.05) is 43.3 Å². The quantitative estimate of drug-likeness (QED) is 0.531. The molecule has 0 unspecified atom stereocenters. The Morgan fingerprint density at radius 1 is 1.00 bits per heavy atom. The minimum Gasteiger partial charge on any atom is -0.357 e. The van der Waals surface area contributed by atoms with Crippen LogP contribution in [0, 0.1) is 0 Å². The molecule has 3 N–H and O–H groups in total. The zero-order valence-electron chi connectivity index (χ0n) is 15.2. The van der Waals surface area contributed by atoms with Crippen molar-refractivity contribution in [1.29, 1.82) is 0 Å². The zero-order valence-corrected chi connectivity index (χ0v) is 15.2. The van der Waals surface area contributed by atoms with Crippen LogP contribution in [0.1, 0.15) is 25.3 Å². The maximum atomic E-state index is 12.1. The molecule has 0 aromatic heterocycles. The molecule has 1 fully saturated rings. The lowest BCUT2D eigenvalue weighted by Gasteiger charge is -2.19. The Morgan fingerprint density at radius 2 is 1.65 bits per heavy atom. The van der Waals surface area contributed by atoms with Crippen LogP contribution < -0.4 is 16.0 Å². The number of aliphatic imine (C=N–C) groups is 1. The number of hydrogen-bond acceptors (Lipinski definition) is 2. The molecule has 1 aliphatic carbocycles. The summed E-state index contributed by atoms with van der Waals surface area (Å²) in [6.07, 6.45) is 2.36. The van der Waals surface area contributed by atoms with E-state index in [0.717, 1.165) is 18.8 Å².